The molecule has 2 aromatic rings. The third kappa shape index (κ3) is 3.30. The predicted molar refractivity (Wildman–Crippen MR) is 104 cm³/mol. The van der Waals surface area contributed by atoms with Gasteiger partial charge in [0.2, 0.25) is 0 Å². The Kier molecular flexibility index (Phi) is 5.23. The van der Waals surface area contributed by atoms with Crippen LogP contribution in [0.3, 0.4) is 0 Å². The molecule has 1 atom stereocenters. The summed E-state index contributed by atoms with van der Waals surface area (Å²) in [6.45, 7) is 1.33. The lowest BCUT2D eigenvalue weighted by atomic mass is 9.96. The number of amides is 1. The minimum absolute atomic E-state index is 0.0511. The molecule has 0 aromatic heterocycles. The van der Waals surface area contributed by atoms with Crippen LogP contribution in [-0.2, 0) is 9.59 Å². The smallest absolute Gasteiger partial charge is 0.294 e. The maximum atomic E-state index is 12.8. The van der Waals surface area contributed by atoms with Crippen LogP contribution < -0.4 is 14.4 Å². The van der Waals surface area contributed by atoms with Gasteiger partial charge in [-0.1, -0.05) is 22.0 Å². The van der Waals surface area contributed by atoms with Crippen LogP contribution in [0.1, 0.15) is 18.5 Å². The van der Waals surface area contributed by atoms with E-state index in [1.165, 1.54) is 26.0 Å². The average molecular weight is 432 g/mol. The number of carbonyl (C=O) groups is 2. The summed E-state index contributed by atoms with van der Waals surface area (Å²) in [5.74, 6) is -0.543. The molecular weight excluding hydrogens is 414 g/mol. The molecule has 7 heteroatoms. The van der Waals surface area contributed by atoms with Gasteiger partial charge in [-0.3, -0.25) is 14.5 Å². The number of hydrogen-bond acceptors (Lipinski definition) is 5. The normalized spacial score (nSPS) is 16.7. The lowest BCUT2D eigenvalue weighted by Gasteiger charge is -2.27. The Morgan fingerprint density at radius 3 is 2.26 bits per heavy atom. The first-order valence-corrected chi connectivity index (χ1v) is 8.93. The lowest BCUT2D eigenvalue weighted by molar-refractivity contribution is -0.117. The number of nitrogens with zero attached hydrogens (tertiary/aromatic N) is 1. The molecule has 1 N–H and O–H groups in total. The molecule has 2 aromatic carbocycles. The van der Waals surface area contributed by atoms with Crippen molar-refractivity contribution in [3.05, 3.63) is 63.8 Å². The maximum absolute atomic E-state index is 12.8. The summed E-state index contributed by atoms with van der Waals surface area (Å²) in [5, 5.41) is 10.4. The lowest BCUT2D eigenvalue weighted by Crippen LogP contribution is -2.30. The Hall–Kier alpha value is -2.80. The van der Waals surface area contributed by atoms with Crippen molar-refractivity contribution in [1.29, 1.82) is 0 Å². The molecule has 0 aliphatic carbocycles. The third-order valence-corrected chi connectivity index (χ3v) is 4.94. The van der Waals surface area contributed by atoms with Crippen LogP contribution in [-0.4, -0.2) is 31.0 Å². The van der Waals surface area contributed by atoms with Gasteiger partial charge in [0, 0.05) is 10.2 Å². The van der Waals surface area contributed by atoms with E-state index < -0.39 is 17.7 Å². The molecule has 27 heavy (non-hydrogen) atoms. The Morgan fingerprint density at radius 2 is 1.70 bits per heavy atom. The van der Waals surface area contributed by atoms with Gasteiger partial charge >= 0.3 is 0 Å². The van der Waals surface area contributed by atoms with Gasteiger partial charge in [-0.2, -0.15) is 0 Å². The van der Waals surface area contributed by atoms with Crippen molar-refractivity contribution < 1.29 is 24.2 Å². The summed E-state index contributed by atoms with van der Waals surface area (Å²) in [7, 11) is 3.03. The zero-order valence-corrected chi connectivity index (χ0v) is 16.6. The van der Waals surface area contributed by atoms with Gasteiger partial charge in [0.15, 0.2) is 23.0 Å². The number of anilines is 1. The quantitative estimate of drug-likeness (QED) is 0.775. The third-order valence-electron chi connectivity index (χ3n) is 4.42. The van der Waals surface area contributed by atoms with E-state index in [-0.39, 0.29) is 11.4 Å². The molecule has 0 saturated heterocycles. The molecule has 0 fully saturated rings. The summed E-state index contributed by atoms with van der Waals surface area (Å²) in [4.78, 5) is 26.4. The fourth-order valence-electron chi connectivity index (χ4n) is 3.17. The van der Waals surface area contributed by atoms with Crippen molar-refractivity contribution in [2.45, 2.75) is 13.0 Å². The molecule has 0 saturated carbocycles. The van der Waals surface area contributed by atoms with Crippen LogP contribution in [0.25, 0.3) is 0 Å². The van der Waals surface area contributed by atoms with Crippen molar-refractivity contribution in [3.63, 3.8) is 0 Å². The van der Waals surface area contributed by atoms with Crippen molar-refractivity contribution in [2.24, 2.45) is 0 Å². The van der Waals surface area contributed by atoms with Crippen LogP contribution in [0, 0.1) is 0 Å². The first-order chi connectivity index (χ1) is 12.9. The van der Waals surface area contributed by atoms with Gasteiger partial charge in [-0.15, -0.1) is 0 Å². The molecule has 140 valence electrons. The summed E-state index contributed by atoms with van der Waals surface area (Å²) in [6, 6.07) is 11.4. The van der Waals surface area contributed by atoms with Crippen LogP contribution >= 0.6 is 15.9 Å². The van der Waals surface area contributed by atoms with E-state index in [0.717, 1.165) is 4.47 Å². The van der Waals surface area contributed by atoms with Gasteiger partial charge in [0.05, 0.1) is 25.8 Å². The van der Waals surface area contributed by atoms with E-state index >= 15 is 0 Å². The highest BCUT2D eigenvalue weighted by Crippen LogP contribution is 2.43. The number of rotatable bonds is 5. The van der Waals surface area contributed by atoms with E-state index in [9.17, 15) is 14.7 Å². The van der Waals surface area contributed by atoms with E-state index in [1.807, 2.05) is 0 Å². The number of aliphatic hydroxyl groups is 1. The van der Waals surface area contributed by atoms with Gasteiger partial charge in [0.25, 0.3) is 5.91 Å². The Bertz CT molecular complexity index is 936. The second-order valence-electron chi connectivity index (χ2n) is 5.99. The monoisotopic (exact) mass is 431 g/mol. The minimum atomic E-state index is -0.768. The topological polar surface area (TPSA) is 76.1 Å². The van der Waals surface area contributed by atoms with Crippen molar-refractivity contribution in [2.75, 3.05) is 19.1 Å². The first-order valence-electron chi connectivity index (χ1n) is 8.14. The predicted octanol–water partition coefficient (Wildman–Crippen LogP) is 3.96. The van der Waals surface area contributed by atoms with Crippen LogP contribution in [0.4, 0.5) is 5.69 Å². The number of ketones is 1. The van der Waals surface area contributed by atoms with Gasteiger partial charge < -0.3 is 14.6 Å². The molecular formula is C20H18BrNO5. The Labute approximate surface area is 165 Å². The highest BCUT2D eigenvalue weighted by molar-refractivity contribution is 9.10. The Morgan fingerprint density at radius 1 is 1.07 bits per heavy atom. The van der Waals surface area contributed by atoms with E-state index in [1.54, 1.807) is 42.5 Å². The number of methoxy groups -OCH3 is 2. The second-order valence-corrected chi connectivity index (χ2v) is 6.90. The summed E-state index contributed by atoms with van der Waals surface area (Å²) in [5.41, 5.74) is 1.24. The van der Waals surface area contributed by atoms with E-state index in [0.29, 0.717) is 22.7 Å². The number of halogens is 1. The van der Waals surface area contributed by atoms with Gasteiger partial charge in [0.1, 0.15) is 0 Å². The zero-order valence-electron chi connectivity index (χ0n) is 15.0. The number of benzene rings is 2. The number of Topliss-reactive ketones (excluding diaryl/α,β-unsaturated/α-hetero) is 1. The number of ether oxygens (including phenoxy) is 2. The van der Waals surface area contributed by atoms with Crippen LogP contribution in [0.5, 0.6) is 11.5 Å². The maximum Gasteiger partial charge on any atom is 0.294 e. The SMILES string of the molecule is COc1ccc(C2C(C(C)=O)=C(O)C(=O)N2c2ccc(Br)cc2)cc1OC. The van der Waals surface area contributed by atoms with Gasteiger partial charge in [-0.05, 0) is 48.9 Å². The number of hydrogen-bond donors (Lipinski definition) is 1. The number of aliphatic hydroxyl groups excluding tert-OH is 1. The minimum Gasteiger partial charge on any atom is -0.503 e. The molecule has 0 bridgehead atoms. The van der Waals surface area contributed by atoms with Gasteiger partial charge in [-0.25, -0.2) is 0 Å². The molecule has 1 amide bonds. The molecule has 1 aliphatic rings. The highest BCUT2D eigenvalue weighted by atomic mass is 79.9. The van der Waals surface area contributed by atoms with Crippen molar-refractivity contribution in [3.8, 4) is 11.5 Å². The van der Waals surface area contributed by atoms with Crippen LogP contribution in [0.2, 0.25) is 0 Å². The highest BCUT2D eigenvalue weighted by Gasteiger charge is 2.43. The number of carbonyl (C=O) groups excluding carboxylic acids is 2. The second kappa shape index (κ2) is 7.44. The molecule has 6 nitrogen and oxygen atoms in total. The van der Waals surface area contributed by atoms with Crippen molar-refractivity contribution in [1.82, 2.24) is 0 Å². The fourth-order valence-corrected chi connectivity index (χ4v) is 3.44. The fraction of sp³-hybridized carbons (Fsp3) is 0.200. The standard InChI is InChI=1S/C20H18BrNO5/c1-11(23)17-18(12-4-9-15(26-2)16(10-12)27-3)22(20(25)19(17)24)14-7-5-13(21)6-8-14/h4-10,18,24H,1-3H3. The Balaban J connectivity index is 2.18. The molecule has 3 rings (SSSR count). The molecule has 0 spiro atoms. The summed E-state index contributed by atoms with van der Waals surface area (Å²) in [6.07, 6.45) is 0. The van der Waals surface area contributed by atoms with E-state index in [2.05, 4.69) is 15.9 Å². The largest absolute Gasteiger partial charge is 0.503 e. The summed E-state index contributed by atoms with van der Waals surface area (Å²) < 4.78 is 11.5. The molecule has 1 aliphatic heterocycles. The molecule has 0 radical (unpaired) electrons. The molecule has 1 unspecified atom stereocenters. The van der Waals surface area contributed by atoms with E-state index in [4.69, 9.17) is 9.47 Å². The van der Waals surface area contributed by atoms with Crippen LogP contribution in [0.15, 0.2) is 58.3 Å². The molecule has 1 heterocycles. The first kappa shape index (κ1) is 19.0. The average Bonchev–Trinajstić information content (AvgIpc) is 2.93. The van der Waals surface area contributed by atoms with Crippen molar-refractivity contribution >= 4 is 33.3 Å². The zero-order chi connectivity index (χ0) is 19.7. The summed E-state index contributed by atoms with van der Waals surface area (Å²) >= 11 is 3.36.